The summed E-state index contributed by atoms with van der Waals surface area (Å²) < 4.78 is 1.11. The second-order valence-corrected chi connectivity index (χ2v) is 7.37. The number of benzene rings is 1. The second kappa shape index (κ2) is 10.5. The van der Waals surface area contributed by atoms with Gasteiger partial charge < -0.3 is 15.5 Å². The van der Waals surface area contributed by atoms with Crippen molar-refractivity contribution in [1.82, 2.24) is 10.6 Å². The van der Waals surface area contributed by atoms with E-state index in [0.29, 0.717) is 12.5 Å². The Morgan fingerprint density at radius 2 is 1.79 bits per heavy atom. The largest absolute Gasteiger partial charge is 0.371 e. The number of hydrogen-bond donors (Lipinski definition) is 2. The van der Waals surface area contributed by atoms with Crippen LogP contribution in [0.25, 0.3) is 0 Å². The summed E-state index contributed by atoms with van der Waals surface area (Å²) in [5.41, 5.74) is 1.27. The normalized spacial score (nSPS) is 19.4. The number of carbonyl (C=O) groups excluding carboxylic acids is 1. The first kappa shape index (κ1) is 21.6. The zero-order chi connectivity index (χ0) is 15.4. The molecule has 1 unspecified atom stereocenters. The van der Waals surface area contributed by atoms with Crippen LogP contribution >= 0.6 is 40.7 Å². The van der Waals surface area contributed by atoms with Crippen LogP contribution in [-0.4, -0.2) is 38.6 Å². The van der Waals surface area contributed by atoms with Gasteiger partial charge in [-0.2, -0.15) is 0 Å². The monoisotopic (exact) mass is 437 g/mol. The Morgan fingerprint density at radius 3 is 2.46 bits per heavy atom. The van der Waals surface area contributed by atoms with Gasteiger partial charge in [0.05, 0.1) is 6.54 Å². The average molecular weight is 439 g/mol. The molecule has 0 bridgehead atoms. The molecule has 0 spiro atoms. The lowest BCUT2D eigenvalue weighted by Gasteiger charge is -2.19. The summed E-state index contributed by atoms with van der Waals surface area (Å²) in [6.07, 6.45) is 3.79. The van der Waals surface area contributed by atoms with Gasteiger partial charge in [-0.25, -0.2) is 0 Å². The molecule has 2 aliphatic rings. The number of hydrogen-bond acceptors (Lipinski definition) is 3. The second-order valence-electron chi connectivity index (χ2n) is 6.46. The van der Waals surface area contributed by atoms with E-state index < -0.39 is 0 Å². The number of halogens is 3. The predicted molar refractivity (Wildman–Crippen MR) is 108 cm³/mol. The Balaban J connectivity index is 0.00000144. The summed E-state index contributed by atoms with van der Waals surface area (Å²) in [4.78, 5) is 14.2. The van der Waals surface area contributed by atoms with Crippen LogP contribution in [0.5, 0.6) is 0 Å². The van der Waals surface area contributed by atoms with E-state index in [2.05, 4.69) is 55.7 Å². The van der Waals surface area contributed by atoms with Gasteiger partial charge in [0.1, 0.15) is 0 Å². The van der Waals surface area contributed by atoms with Crippen LogP contribution in [0.3, 0.4) is 0 Å². The smallest absolute Gasteiger partial charge is 0.233 e. The minimum absolute atomic E-state index is 0. The summed E-state index contributed by atoms with van der Waals surface area (Å²) in [5.74, 6) is 1.50. The van der Waals surface area contributed by atoms with Gasteiger partial charge >= 0.3 is 0 Å². The molecule has 1 aliphatic heterocycles. The van der Waals surface area contributed by atoms with Gasteiger partial charge in [0, 0.05) is 29.8 Å². The molecule has 4 nitrogen and oxygen atoms in total. The van der Waals surface area contributed by atoms with Gasteiger partial charge in [-0.1, -0.05) is 15.9 Å². The van der Waals surface area contributed by atoms with Crippen molar-refractivity contribution >= 4 is 52.3 Å². The first-order valence-corrected chi connectivity index (χ1v) is 8.98. The fourth-order valence-corrected chi connectivity index (χ4v) is 3.18. The molecule has 1 saturated heterocycles. The van der Waals surface area contributed by atoms with E-state index >= 15 is 0 Å². The van der Waals surface area contributed by atoms with Crippen LogP contribution in [0.2, 0.25) is 0 Å². The van der Waals surface area contributed by atoms with E-state index in [4.69, 9.17) is 0 Å². The Labute approximate surface area is 165 Å². The Hall–Kier alpha value is -0.490. The van der Waals surface area contributed by atoms with Crippen LogP contribution in [0, 0.1) is 11.8 Å². The lowest BCUT2D eigenvalue weighted by atomic mass is 10.1. The summed E-state index contributed by atoms with van der Waals surface area (Å²) in [6.45, 7) is 4.34. The van der Waals surface area contributed by atoms with Crippen molar-refractivity contribution in [2.45, 2.75) is 19.3 Å². The fourth-order valence-electron chi connectivity index (χ4n) is 2.92. The van der Waals surface area contributed by atoms with E-state index in [1.807, 2.05) is 0 Å². The van der Waals surface area contributed by atoms with Crippen LogP contribution in [0.1, 0.15) is 19.3 Å². The molecule has 1 atom stereocenters. The molecule has 1 heterocycles. The minimum atomic E-state index is 0. The predicted octanol–water partition coefficient (Wildman–Crippen LogP) is 3.23. The van der Waals surface area contributed by atoms with Gasteiger partial charge in [-0.05, 0) is 61.9 Å². The molecular formula is C17H26BrCl2N3O. The lowest BCUT2D eigenvalue weighted by molar-refractivity contribution is -0.120. The van der Waals surface area contributed by atoms with E-state index in [1.54, 1.807) is 0 Å². The van der Waals surface area contributed by atoms with Gasteiger partial charge in [-0.15, -0.1) is 24.8 Å². The maximum atomic E-state index is 11.8. The number of nitrogens with zero attached hydrogens (tertiary/aromatic N) is 1. The van der Waals surface area contributed by atoms with E-state index in [1.165, 1.54) is 18.5 Å². The molecule has 1 aliphatic carbocycles. The van der Waals surface area contributed by atoms with E-state index in [9.17, 15) is 4.79 Å². The molecule has 24 heavy (non-hydrogen) atoms. The Kier molecular flexibility index (Phi) is 9.42. The number of anilines is 1. The summed E-state index contributed by atoms with van der Waals surface area (Å²) in [6, 6.07) is 8.45. The maximum Gasteiger partial charge on any atom is 0.233 e. The first-order chi connectivity index (χ1) is 10.7. The van der Waals surface area contributed by atoms with Crippen LogP contribution in [-0.2, 0) is 4.79 Å². The van der Waals surface area contributed by atoms with Crippen molar-refractivity contribution in [1.29, 1.82) is 0 Å². The molecule has 1 aromatic rings. The molecule has 3 rings (SSSR count). The molecular weight excluding hydrogens is 413 g/mol. The SMILES string of the molecule is Cl.Cl.O=C(CNCC1CC1)NCC1CCN(c2ccc(Br)cc2)C1. The minimum Gasteiger partial charge on any atom is -0.371 e. The Morgan fingerprint density at radius 1 is 1.08 bits per heavy atom. The highest BCUT2D eigenvalue weighted by molar-refractivity contribution is 9.10. The number of carbonyl (C=O) groups is 1. The van der Waals surface area contributed by atoms with Crippen LogP contribution in [0.4, 0.5) is 5.69 Å². The van der Waals surface area contributed by atoms with Gasteiger partial charge in [0.15, 0.2) is 0 Å². The van der Waals surface area contributed by atoms with Gasteiger partial charge in [0.25, 0.3) is 0 Å². The van der Waals surface area contributed by atoms with Gasteiger partial charge in [0.2, 0.25) is 5.91 Å². The molecule has 136 valence electrons. The van der Waals surface area contributed by atoms with Crippen molar-refractivity contribution in [2.75, 3.05) is 37.6 Å². The third kappa shape index (κ3) is 6.79. The van der Waals surface area contributed by atoms with E-state index in [-0.39, 0.29) is 30.7 Å². The standard InChI is InChI=1S/C17H24BrN3O.2ClH/c18-15-3-5-16(6-4-15)21-8-7-14(12-21)10-20-17(22)11-19-9-13-1-2-13;;/h3-6,13-14,19H,1-2,7-12H2,(H,20,22);2*1H. The molecule has 2 N–H and O–H groups in total. The zero-order valence-electron chi connectivity index (χ0n) is 13.7. The molecule has 1 amide bonds. The zero-order valence-corrected chi connectivity index (χ0v) is 16.9. The molecule has 0 aromatic heterocycles. The van der Waals surface area contributed by atoms with Gasteiger partial charge in [-0.3, -0.25) is 4.79 Å². The van der Waals surface area contributed by atoms with Crippen molar-refractivity contribution in [3.63, 3.8) is 0 Å². The quantitative estimate of drug-likeness (QED) is 0.686. The van der Waals surface area contributed by atoms with Crippen molar-refractivity contribution in [3.05, 3.63) is 28.7 Å². The summed E-state index contributed by atoms with van der Waals surface area (Å²) >= 11 is 3.47. The topological polar surface area (TPSA) is 44.4 Å². The highest BCUT2D eigenvalue weighted by Crippen LogP contribution is 2.27. The van der Waals surface area contributed by atoms with Crippen molar-refractivity contribution in [2.24, 2.45) is 11.8 Å². The maximum absolute atomic E-state index is 11.8. The van der Waals surface area contributed by atoms with Crippen molar-refractivity contribution < 1.29 is 4.79 Å². The molecule has 1 aromatic carbocycles. The number of amides is 1. The third-order valence-electron chi connectivity index (χ3n) is 4.48. The Bertz CT molecular complexity index is 511. The highest BCUT2D eigenvalue weighted by Gasteiger charge is 2.23. The molecule has 7 heteroatoms. The average Bonchev–Trinajstić information content (AvgIpc) is 3.22. The third-order valence-corrected chi connectivity index (χ3v) is 5.01. The molecule has 0 radical (unpaired) electrons. The fraction of sp³-hybridized carbons (Fsp3) is 0.588. The summed E-state index contributed by atoms with van der Waals surface area (Å²) in [5, 5.41) is 6.30. The molecule has 2 fully saturated rings. The lowest BCUT2D eigenvalue weighted by Crippen LogP contribution is -2.37. The first-order valence-electron chi connectivity index (χ1n) is 8.18. The number of rotatable bonds is 7. The highest BCUT2D eigenvalue weighted by atomic mass is 79.9. The van der Waals surface area contributed by atoms with Crippen LogP contribution in [0.15, 0.2) is 28.7 Å². The van der Waals surface area contributed by atoms with Crippen molar-refractivity contribution in [3.8, 4) is 0 Å². The summed E-state index contributed by atoms with van der Waals surface area (Å²) in [7, 11) is 0. The van der Waals surface area contributed by atoms with Crippen LogP contribution < -0.4 is 15.5 Å². The van der Waals surface area contributed by atoms with E-state index in [0.717, 1.165) is 43.0 Å². The molecule has 1 saturated carbocycles. The number of nitrogens with one attached hydrogen (secondary N) is 2.